The van der Waals surface area contributed by atoms with E-state index < -0.39 is 19.8 Å². The first-order chi connectivity index (χ1) is 17.7. The van der Waals surface area contributed by atoms with Crippen molar-refractivity contribution in [1.29, 1.82) is 5.26 Å². The molecule has 2 aromatic rings. The number of aromatic nitrogens is 2. The van der Waals surface area contributed by atoms with Crippen LogP contribution in [0.1, 0.15) is 63.4 Å². The third-order valence-electron chi connectivity index (χ3n) is 7.59. The van der Waals surface area contributed by atoms with Crippen LogP contribution in [0.4, 0.5) is 0 Å². The Bertz CT molecular complexity index is 1450. The molecular weight excluding hydrogens is 738 g/mol. The standard InChI is InChI=1S/C24H27N5O5PS2.Tl/c1-28-21-19(20(27-28)22(30)26-13-16-4-2-15(12-25)3-5-16)6-9-29(23(21)31)14-24(7-8-24)37(32,33)18-10-17(11-18)34-36-35;/h2-5,17-18,36H,6-11,13-14H2,1H3,(H,26,30);/q-1;. The van der Waals surface area contributed by atoms with Crippen LogP contribution in [-0.4, -0.2) is 91.4 Å². The summed E-state index contributed by atoms with van der Waals surface area (Å²) in [6, 6.07) is 8.96. The maximum Gasteiger partial charge on any atom is 0 e. The van der Waals surface area contributed by atoms with Crippen LogP contribution in [0.3, 0.4) is 0 Å². The van der Waals surface area contributed by atoms with Crippen molar-refractivity contribution in [2.75, 3.05) is 13.1 Å². The maximum absolute atomic E-state index is 13.4. The number of carbonyl (C=O) groups is 2. The van der Waals surface area contributed by atoms with Crippen molar-refractivity contribution in [3.8, 4) is 6.07 Å². The maximum atomic E-state index is 13.4. The zero-order valence-corrected chi connectivity index (χ0v) is 27.9. The number of aryl methyl sites for hydroxylation is 1. The van der Waals surface area contributed by atoms with Crippen LogP contribution in [0.2, 0.25) is 0 Å². The third-order valence-corrected chi connectivity index (χ3v) is 11.3. The van der Waals surface area contributed by atoms with Gasteiger partial charge in [-0.25, -0.2) is 0 Å². The molecular formula is C24H27N5O5PS2Tl-. The molecule has 5 rings (SSSR count). The average Bonchev–Trinajstić information content (AvgIpc) is 3.58. The van der Waals surface area contributed by atoms with Crippen LogP contribution in [0.5, 0.6) is 0 Å². The fourth-order valence-electron chi connectivity index (χ4n) is 5.16. The molecule has 1 aromatic carbocycles. The number of benzene rings is 1. The summed E-state index contributed by atoms with van der Waals surface area (Å²) in [5.74, 6) is -0.682. The fourth-order valence-corrected chi connectivity index (χ4v) is 8.52. The molecule has 1 aliphatic heterocycles. The summed E-state index contributed by atoms with van der Waals surface area (Å²) in [6.45, 7) is 0.752. The number of amides is 2. The van der Waals surface area contributed by atoms with Gasteiger partial charge in [-0.15, -0.1) is 0 Å². The third kappa shape index (κ3) is 5.41. The van der Waals surface area contributed by atoms with Crippen molar-refractivity contribution in [3.05, 3.63) is 52.3 Å². The Labute approximate surface area is 247 Å². The molecule has 1 aromatic heterocycles. The molecule has 38 heavy (non-hydrogen) atoms. The van der Waals surface area contributed by atoms with Crippen molar-refractivity contribution in [3.63, 3.8) is 0 Å². The molecule has 14 heteroatoms. The molecule has 1 radical (unpaired) electrons. The van der Waals surface area contributed by atoms with Crippen LogP contribution in [0.25, 0.3) is 0 Å². The molecule has 3 aliphatic rings. The Hall–Kier alpha value is -1.53. The van der Waals surface area contributed by atoms with E-state index in [2.05, 4.69) is 24.3 Å². The zero-order valence-electron chi connectivity index (χ0n) is 20.8. The average molecular weight is 765 g/mol. The second-order valence-electron chi connectivity index (χ2n) is 9.90. The largest absolute Gasteiger partial charge is 0 e. The van der Waals surface area contributed by atoms with Crippen molar-refractivity contribution < 1.29 is 22.2 Å². The van der Waals surface area contributed by atoms with Gasteiger partial charge in [-0.3, -0.25) is 4.79 Å². The second kappa shape index (κ2) is 11.5. The number of sulfone groups is 1. The summed E-state index contributed by atoms with van der Waals surface area (Å²) in [6.07, 6.45) is 2.38. The van der Waals surface area contributed by atoms with Gasteiger partial charge in [-0.1, -0.05) is 12.1 Å². The Morgan fingerprint density at radius 1 is 1.32 bits per heavy atom. The molecule has 2 amide bonds. The summed E-state index contributed by atoms with van der Waals surface area (Å²) >= 11 is 0.498. The number of nitriles is 1. The minimum absolute atomic E-state index is 0. The van der Waals surface area contributed by atoms with E-state index in [0.717, 1.165) is 5.56 Å². The molecule has 0 saturated heterocycles. The van der Waals surface area contributed by atoms with E-state index in [-0.39, 0.29) is 64.0 Å². The summed E-state index contributed by atoms with van der Waals surface area (Å²) in [5, 5.41) is 15.6. The number of carbonyl (C=O) groups excluding carboxylic acids is 2. The molecule has 2 fully saturated rings. The monoisotopic (exact) mass is 765 g/mol. The minimum Gasteiger partial charge on any atom is 0 e. The second-order valence-corrected chi connectivity index (χ2v) is 13.4. The number of thiol groups is 1. The number of hydrogen-bond donors (Lipinski definition) is 1. The van der Waals surface area contributed by atoms with E-state index in [4.69, 9.17) is 9.44 Å². The Morgan fingerprint density at radius 2 is 2.00 bits per heavy atom. The summed E-state index contributed by atoms with van der Waals surface area (Å²) in [5.41, 5.74) is 2.49. The van der Waals surface area contributed by atoms with Crippen LogP contribution >= 0.6 is 7.81 Å². The van der Waals surface area contributed by atoms with Gasteiger partial charge in [-0.2, -0.15) is 10.4 Å². The predicted octanol–water partition coefficient (Wildman–Crippen LogP) is 1.39. The zero-order chi connectivity index (χ0) is 26.4. The van der Waals surface area contributed by atoms with Gasteiger partial charge in [0.1, 0.15) is 0 Å². The van der Waals surface area contributed by atoms with Crippen molar-refractivity contribution in [2.45, 2.75) is 54.7 Å². The first-order valence-corrected chi connectivity index (χ1v) is 15.6. The number of rotatable bonds is 8. The van der Waals surface area contributed by atoms with Crippen LogP contribution in [0, 0.1) is 11.3 Å². The molecule has 0 atom stereocenters. The van der Waals surface area contributed by atoms with Crippen LogP contribution in [0.15, 0.2) is 24.3 Å². The molecule has 0 spiro atoms. The molecule has 2 saturated carbocycles. The van der Waals surface area contributed by atoms with Crippen LogP contribution in [-0.2, 0) is 45.1 Å². The summed E-state index contributed by atoms with van der Waals surface area (Å²) < 4.78 is 32.6. The van der Waals surface area contributed by atoms with Crippen molar-refractivity contribution in [1.82, 2.24) is 20.0 Å². The van der Waals surface area contributed by atoms with Gasteiger partial charge in [0.15, 0.2) is 5.69 Å². The summed E-state index contributed by atoms with van der Waals surface area (Å²) in [4.78, 5) is 27.9. The van der Waals surface area contributed by atoms with Crippen LogP contribution < -0.4 is 5.32 Å². The molecule has 1 N–H and O–H groups in total. The number of nitrogens with one attached hydrogen (secondary N) is 1. The summed E-state index contributed by atoms with van der Waals surface area (Å²) in [7, 11) is 2.23. The van der Waals surface area contributed by atoms with E-state index in [9.17, 15) is 18.0 Å². The molecule has 10 nitrogen and oxygen atoms in total. The van der Waals surface area contributed by atoms with E-state index in [1.165, 1.54) is 4.68 Å². The first-order valence-electron chi connectivity index (χ1n) is 12.0. The van der Waals surface area contributed by atoms with Gasteiger partial charge in [-0.05, 0) is 17.7 Å². The predicted molar refractivity (Wildman–Crippen MR) is 145 cm³/mol. The van der Waals surface area contributed by atoms with E-state index in [1.54, 1.807) is 36.2 Å². The van der Waals surface area contributed by atoms with Crippen molar-refractivity contribution >= 4 is 67.8 Å². The van der Waals surface area contributed by atoms with Gasteiger partial charge in [0.05, 0.1) is 11.6 Å². The fraction of sp³-hybridized carbons (Fsp3) is 0.500. The van der Waals surface area contributed by atoms with Gasteiger partial charge in [0.25, 0.3) is 5.91 Å². The minimum atomic E-state index is -3.40. The SMILES string of the molecule is Cn1nc(C(=O)NCc2ccc(C#N)cc2)c2c1C(=O)N(CC1(S(=O)(=O)C3CC(O[SH-]#P)C3)CC1)CC2.[Tl]. The van der Waals surface area contributed by atoms with Gasteiger partial charge in [0.2, 0.25) is 0 Å². The number of fused-ring (bicyclic) bond motifs is 1. The number of hydrogen-bond acceptors (Lipinski definition) is 8. The van der Waals surface area contributed by atoms with E-state index >= 15 is 0 Å². The van der Waals surface area contributed by atoms with E-state index in [0.29, 0.717) is 66.5 Å². The number of nitrogens with zero attached hydrogens (tertiary/aromatic N) is 4. The Kier molecular flexibility index (Phi) is 8.93. The molecule has 0 bridgehead atoms. The van der Waals surface area contributed by atoms with Gasteiger partial charge < -0.3 is 5.32 Å². The van der Waals surface area contributed by atoms with Gasteiger partial charge >= 0.3 is 134 Å². The van der Waals surface area contributed by atoms with E-state index in [1.807, 2.05) is 0 Å². The molecule has 199 valence electrons. The molecule has 2 heterocycles. The molecule has 2 aliphatic carbocycles. The normalized spacial score (nSPS) is 21.4. The Morgan fingerprint density at radius 3 is 2.61 bits per heavy atom. The smallest absolute Gasteiger partial charge is 0 e. The quantitative estimate of drug-likeness (QED) is 0.186. The topological polar surface area (TPSA) is 134 Å². The first kappa shape index (κ1) is 29.5. The Balaban J connectivity index is 0.00000336. The van der Waals surface area contributed by atoms with Gasteiger partial charge in [0, 0.05) is 40.9 Å². The molecule has 0 unspecified atom stereocenters. The van der Waals surface area contributed by atoms with Crippen molar-refractivity contribution in [2.24, 2.45) is 7.05 Å².